The largest absolute Gasteiger partial charge is 0.478 e. The van der Waals surface area contributed by atoms with Crippen molar-refractivity contribution in [3.63, 3.8) is 0 Å². The second-order valence-electron chi connectivity index (χ2n) is 4.34. The van der Waals surface area contributed by atoms with Gasteiger partial charge in [-0.05, 0) is 43.7 Å². The van der Waals surface area contributed by atoms with Gasteiger partial charge in [0.05, 0.1) is 5.02 Å². The van der Waals surface area contributed by atoms with Gasteiger partial charge >= 0.3 is 5.97 Å². The van der Waals surface area contributed by atoms with Gasteiger partial charge in [0.15, 0.2) is 0 Å². The molecule has 0 aliphatic rings. The fourth-order valence-corrected chi connectivity index (χ4v) is 1.86. The lowest BCUT2D eigenvalue weighted by atomic mass is 10.1. The van der Waals surface area contributed by atoms with Gasteiger partial charge < -0.3 is 9.84 Å². The normalized spacial score (nSPS) is 10.3. The molecule has 2 aromatic rings. The maximum absolute atomic E-state index is 11.2. The maximum Gasteiger partial charge on any atom is 0.339 e. The highest BCUT2D eigenvalue weighted by Crippen LogP contribution is 2.32. The molecule has 1 N–H and O–H groups in total. The summed E-state index contributed by atoms with van der Waals surface area (Å²) in [6.07, 6.45) is 0. The Balaban J connectivity index is 2.43. The molecule has 0 atom stereocenters. The number of rotatable bonds is 3. The van der Waals surface area contributed by atoms with Gasteiger partial charge in [0, 0.05) is 0 Å². The molecule has 0 aliphatic heterocycles. The first kappa shape index (κ1) is 13.4. The van der Waals surface area contributed by atoms with Crippen LogP contribution in [0.5, 0.6) is 11.5 Å². The first-order chi connectivity index (χ1) is 8.97. The topological polar surface area (TPSA) is 46.5 Å². The summed E-state index contributed by atoms with van der Waals surface area (Å²) in [6, 6.07) is 10.4. The molecule has 0 amide bonds. The molecule has 2 aromatic carbocycles. The molecule has 0 saturated carbocycles. The van der Waals surface area contributed by atoms with Crippen LogP contribution in [-0.4, -0.2) is 11.1 Å². The monoisotopic (exact) mass is 276 g/mol. The van der Waals surface area contributed by atoms with Gasteiger partial charge in [-0.25, -0.2) is 4.79 Å². The number of hydrogen-bond donors (Lipinski definition) is 1. The van der Waals surface area contributed by atoms with E-state index in [4.69, 9.17) is 16.3 Å². The molecule has 0 spiro atoms. The number of ether oxygens (including phenoxy) is 1. The molecular weight excluding hydrogens is 264 g/mol. The third-order valence-corrected chi connectivity index (χ3v) is 2.98. The first-order valence-electron chi connectivity index (χ1n) is 5.75. The number of halogens is 1. The Morgan fingerprint density at radius 3 is 2.37 bits per heavy atom. The van der Waals surface area contributed by atoms with Crippen molar-refractivity contribution < 1.29 is 14.6 Å². The molecular formula is C15H13ClO3. The Bertz CT molecular complexity index is 635. The fraction of sp³-hybridized carbons (Fsp3) is 0.133. The summed E-state index contributed by atoms with van der Waals surface area (Å²) >= 11 is 6.04. The Labute approximate surface area is 116 Å². The minimum absolute atomic E-state index is 0.123. The molecule has 0 fully saturated rings. The Hall–Kier alpha value is -2.00. The van der Waals surface area contributed by atoms with E-state index in [2.05, 4.69) is 0 Å². The minimum Gasteiger partial charge on any atom is -0.478 e. The van der Waals surface area contributed by atoms with Crippen molar-refractivity contribution in [2.24, 2.45) is 0 Å². The average Bonchev–Trinajstić information content (AvgIpc) is 2.35. The predicted molar refractivity (Wildman–Crippen MR) is 74.4 cm³/mol. The van der Waals surface area contributed by atoms with Crippen LogP contribution in [0.2, 0.25) is 5.02 Å². The molecule has 0 aromatic heterocycles. The Kier molecular flexibility index (Phi) is 3.76. The highest BCUT2D eigenvalue weighted by molar-refractivity contribution is 6.32. The smallest absolute Gasteiger partial charge is 0.339 e. The summed E-state index contributed by atoms with van der Waals surface area (Å²) in [5.41, 5.74) is 1.97. The van der Waals surface area contributed by atoms with E-state index in [-0.39, 0.29) is 11.3 Å². The summed E-state index contributed by atoms with van der Waals surface area (Å²) < 4.78 is 5.62. The first-order valence-corrected chi connectivity index (χ1v) is 6.13. The van der Waals surface area contributed by atoms with Crippen molar-refractivity contribution in [3.05, 3.63) is 58.1 Å². The van der Waals surface area contributed by atoms with Crippen LogP contribution in [0, 0.1) is 13.8 Å². The summed E-state index contributed by atoms with van der Waals surface area (Å²) in [5.74, 6) is -0.291. The average molecular weight is 277 g/mol. The van der Waals surface area contributed by atoms with E-state index < -0.39 is 5.97 Å². The lowest BCUT2D eigenvalue weighted by molar-refractivity contribution is 0.0694. The summed E-state index contributed by atoms with van der Waals surface area (Å²) in [7, 11) is 0. The van der Waals surface area contributed by atoms with E-state index in [1.165, 1.54) is 0 Å². The van der Waals surface area contributed by atoms with Crippen molar-refractivity contribution in [2.75, 3.05) is 0 Å². The standard InChI is InChI=1S/C15H13ClO3/c1-9-4-6-13(11(7-9)15(17)18)19-14-8-10(2)3-5-12(14)16/h3-8H,1-2H3,(H,17,18). The highest BCUT2D eigenvalue weighted by atomic mass is 35.5. The van der Waals surface area contributed by atoms with Gasteiger partial charge in [0.1, 0.15) is 17.1 Å². The maximum atomic E-state index is 11.2. The van der Waals surface area contributed by atoms with Crippen molar-refractivity contribution in [3.8, 4) is 11.5 Å². The lowest BCUT2D eigenvalue weighted by Gasteiger charge is -2.11. The predicted octanol–water partition coefficient (Wildman–Crippen LogP) is 4.45. The van der Waals surface area contributed by atoms with Gasteiger partial charge in [-0.2, -0.15) is 0 Å². The van der Waals surface area contributed by atoms with Crippen LogP contribution in [0.1, 0.15) is 21.5 Å². The molecule has 19 heavy (non-hydrogen) atoms. The van der Waals surface area contributed by atoms with Crippen LogP contribution in [0.25, 0.3) is 0 Å². The molecule has 2 rings (SSSR count). The molecule has 0 aliphatic carbocycles. The molecule has 0 radical (unpaired) electrons. The fourth-order valence-electron chi connectivity index (χ4n) is 1.71. The van der Waals surface area contributed by atoms with Crippen molar-refractivity contribution in [2.45, 2.75) is 13.8 Å². The second-order valence-corrected chi connectivity index (χ2v) is 4.75. The Morgan fingerprint density at radius 2 is 1.68 bits per heavy atom. The third kappa shape index (κ3) is 3.06. The molecule has 0 bridgehead atoms. The van der Waals surface area contributed by atoms with E-state index >= 15 is 0 Å². The third-order valence-electron chi connectivity index (χ3n) is 2.67. The highest BCUT2D eigenvalue weighted by Gasteiger charge is 2.13. The lowest BCUT2D eigenvalue weighted by Crippen LogP contribution is -2.00. The van der Waals surface area contributed by atoms with E-state index in [9.17, 15) is 9.90 Å². The summed E-state index contributed by atoms with van der Waals surface area (Å²) in [4.78, 5) is 11.2. The van der Waals surface area contributed by atoms with Crippen LogP contribution in [0.4, 0.5) is 0 Å². The molecule has 0 unspecified atom stereocenters. The van der Waals surface area contributed by atoms with Crippen LogP contribution in [-0.2, 0) is 0 Å². The number of carbonyl (C=O) groups is 1. The summed E-state index contributed by atoms with van der Waals surface area (Å²) in [6.45, 7) is 3.74. The number of hydrogen-bond acceptors (Lipinski definition) is 2. The number of benzene rings is 2. The molecule has 0 heterocycles. The van der Waals surface area contributed by atoms with E-state index in [1.807, 2.05) is 19.9 Å². The second kappa shape index (κ2) is 5.33. The van der Waals surface area contributed by atoms with Crippen LogP contribution in [0.15, 0.2) is 36.4 Å². The zero-order chi connectivity index (χ0) is 14.0. The number of aryl methyl sites for hydroxylation is 2. The van der Waals surface area contributed by atoms with Crippen molar-refractivity contribution in [1.82, 2.24) is 0 Å². The van der Waals surface area contributed by atoms with Crippen LogP contribution < -0.4 is 4.74 Å². The molecule has 98 valence electrons. The van der Waals surface area contributed by atoms with Crippen molar-refractivity contribution in [1.29, 1.82) is 0 Å². The zero-order valence-electron chi connectivity index (χ0n) is 10.6. The van der Waals surface area contributed by atoms with E-state index in [1.54, 1.807) is 30.3 Å². The molecule has 0 saturated heterocycles. The van der Waals surface area contributed by atoms with Crippen LogP contribution >= 0.6 is 11.6 Å². The van der Waals surface area contributed by atoms with E-state index in [0.29, 0.717) is 10.8 Å². The minimum atomic E-state index is -1.03. The van der Waals surface area contributed by atoms with Gasteiger partial charge in [0.2, 0.25) is 0 Å². The number of aromatic carboxylic acids is 1. The van der Waals surface area contributed by atoms with Crippen LogP contribution in [0.3, 0.4) is 0 Å². The SMILES string of the molecule is Cc1ccc(Cl)c(Oc2ccc(C)cc2C(=O)O)c1. The van der Waals surface area contributed by atoms with Gasteiger partial charge in [-0.3, -0.25) is 0 Å². The number of carboxylic acid groups (broad SMARTS) is 1. The number of carboxylic acids is 1. The van der Waals surface area contributed by atoms with Gasteiger partial charge in [-0.15, -0.1) is 0 Å². The van der Waals surface area contributed by atoms with Gasteiger partial charge in [-0.1, -0.05) is 29.3 Å². The molecule has 3 nitrogen and oxygen atoms in total. The zero-order valence-corrected chi connectivity index (χ0v) is 11.4. The quantitative estimate of drug-likeness (QED) is 0.901. The van der Waals surface area contributed by atoms with E-state index in [0.717, 1.165) is 11.1 Å². The Morgan fingerprint density at radius 1 is 1.05 bits per heavy atom. The molecule has 4 heteroatoms. The van der Waals surface area contributed by atoms with Crippen molar-refractivity contribution >= 4 is 17.6 Å². The summed E-state index contributed by atoms with van der Waals surface area (Å²) in [5, 5.41) is 9.63. The van der Waals surface area contributed by atoms with Gasteiger partial charge in [0.25, 0.3) is 0 Å².